The van der Waals surface area contributed by atoms with Gasteiger partial charge in [0.05, 0.1) is 5.92 Å². The summed E-state index contributed by atoms with van der Waals surface area (Å²) in [7, 11) is 0. The van der Waals surface area contributed by atoms with Gasteiger partial charge in [-0.1, -0.05) is 13.3 Å². The molecule has 114 valence electrons. The highest BCUT2D eigenvalue weighted by molar-refractivity contribution is 5.74. The van der Waals surface area contributed by atoms with Gasteiger partial charge >= 0.3 is 12.0 Å². The van der Waals surface area contributed by atoms with Crippen molar-refractivity contribution in [3.63, 3.8) is 0 Å². The Morgan fingerprint density at radius 1 is 1.10 bits per heavy atom. The van der Waals surface area contributed by atoms with Crippen molar-refractivity contribution in [1.29, 1.82) is 0 Å². The molecule has 0 spiro atoms. The molecule has 3 N–H and O–H groups in total. The van der Waals surface area contributed by atoms with Crippen LogP contribution in [0, 0.1) is 17.8 Å². The molecule has 0 heterocycles. The monoisotopic (exact) mass is 282 g/mol. The summed E-state index contributed by atoms with van der Waals surface area (Å²) in [4.78, 5) is 22.7. The number of rotatable bonds is 4. The third-order valence-corrected chi connectivity index (χ3v) is 4.77. The third-order valence-electron chi connectivity index (χ3n) is 4.77. The molecule has 2 aliphatic rings. The van der Waals surface area contributed by atoms with Gasteiger partial charge in [0.1, 0.15) is 0 Å². The second-order valence-electron chi connectivity index (χ2n) is 6.53. The van der Waals surface area contributed by atoms with Crippen LogP contribution in [0.3, 0.4) is 0 Å². The van der Waals surface area contributed by atoms with Gasteiger partial charge in [0.15, 0.2) is 0 Å². The quantitative estimate of drug-likeness (QED) is 0.740. The van der Waals surface area contributed by atoms with E-state index in [4.69, 9.17) is 5.11 Å². The van der Waals surface area contributed by atoms with E-state index in [1.165, 1.54) is 19.3 Å². The largest absolute Gasteiger partial charge is 0.481 e. The summed E-state index contributed by atoms with van der Waals surface area (Å²) in [6.07, 6.45) is 6.57. The smallest absolute Gasteiger partial charge is 0.315 e. The van der Waals surface area contributed by atoms with E-state index in [9.17, 15) is 9.59 Å². The average Bonchev–Trinajstić information content (AvgIpc) is 2.83. The number of carbonyl (C=O) groups is 2. The summed E-state index contributed by atoms with van der Waals surface area (Å²) in [6.45, 7) is 3.03. The second kappa shape index (κ2) is 6.95. The maximum absolute atomic E-state index is 11.8. The van der Waals surface area contributed by atoms with Crippen LogP contribution in [0.2, 0.25) is 0 Å². The zero-order valence-corrected chi connectivity index (χ0v) is 12.2. The van der Waals surface area contributed by atoms with Gasteiger partial charge in [0, 0.05) is 12.6 Å². The van der Waals surface area contributed by atoms with Crippen molar-refractivity contribution in [2.24, 2.45) is 17.8 Å². The molecule has 2 atom stereocenters. The molecular weight excluding hydrogens is 256 g/mol. The number of amides is 2. The number of urea groups is 1. The molecule has 2 aliphatic carbocycles. The molecule has 0 saturated heterocycles. The fourth-order valence-electron chi connectivity index (χ4n) is 3.47. The Kier molecular flexibility index (Phi) is 5.26. The van der Waals surface area contributed by atoms with Gasteiger partial charge in [-0.2, -0.15) is 0 Å². The molecular formula is C15H26N2O3. The molecule has 0 aliphatic heterocycles. The van der Waals surface area contributed by atoms with Gasteiger partial charge in [-0.3, -0.25) is 4.79 Å². The number of carboxylic acid groups (broad SMARTS) is 1. The van der Waals surface area contributed by atoms with Gasteiger partial charge in [-0.05, 0) is 50.4 Å². The minimum absolute atomic E-state index is 0.0941. The first-order chi connectivity index (χ1) is 9.54. The number of carbonyl (C=O) groups excluding carboxylic acids is 1. The molecule has 20 heavy (non-hydrogen) atoms. The van der Waals surface area contributed by atoms with Crippen molar-refractivity contribution in [1.82, 2.24) is 10.6 Å². The van der Waals surface area contributed by atoms with E-state index in [-0.39, 0.29) is 18.0 Å². The minimum Gasteiger partial charge on any atom is -0.481 e. The lowest BCUT2D eigenvalue weighted by Crippen LogP contribution is -2.45. The maximum atomic E-state index is 11.8. The van der Waals surface area contributed by atoms with Gasteiger partial charge in [-0.25, -0.2) is 4.79 Å². The molecule has 2 rings (SSSR count). The van der Waals surface area contributed by atoms with Crippen molar-refractivity contribution >= 4 is 12.0 Å². The Labute approximate surface area is 120 Å². The highest BCUT2D eigenvalue weighted by atomic mass is 16.4. The van der Waals surface area contributed by atoms with E-state index in [1.54, 1.807) is 0 Å². The molecule has 0 aromatic rings. The fourth-order valence-corrected chi connectivity index (χ4v) is 3.47. The summed E-state index contributed by atoms with van der Waals surface area (Å²) in [5.74, 6) is 0.481. The first-order valence-electron chi connectivity index (χ1n) is 7.81. The van der Waals surface area contributed by atoms with Crippen LogP contribution in [0.1, 0.15) is 51.9 Å². The van der Waals surface area contributed by atoms with E-state index < -0.39 is 5.97 Å². The van der Waals surface area contributed by atoms with E-state index in [0.717, 1.165) is 25.3 Å². The highest BCUT2D eigenvalue weighted by Gasteiger charge is 2.27. The van der Waals surface area contributed by atoms with Gasteiger partial charge in [0.25, 0.3) is 0 Å². The second-order valence-corrected chi connectivity index (χ2v) is 6.53. The minimum atomic E-state index is -0.705. The third kappa shape index (κ3) is 4.39. The molecule has 2 amide bonds. The van der Waals surface area contributed by atoms with Crippen LogP contribution < -0.4 is 10.6 Å². The number of hydrogen-bond donors (Lipinski definition) is 3. The van der Waals surface area contributed by atoms with Crippen molar-refractivity contribution in [2.45, 2.75) is 57.9 Å². The lowest BCUT2D eigenvalue weighted by Gasteiger charge is -2.27. The van der Waals surface area contributed by atoms with Gasteiger partial charge in [0.2, 0.25) is 0 Å². The van der Waals surface area contributed by atoms with Crippen LogP contribution >= 0.6 is 0 Å². The number of hydrogen-bond acceptors (Lipinski definition) is 2. The molecule has 5 nitrogen and oxygen atoms in total. The number of carboxylic acids is 1. The Hall–Kier alpha value is -1.26. The van der Waals surface area contributed by atoms with E-state index >= 15 is 0 Å². The number of aliphatic carboxylic acids is 1. The van der Waals surface area contributed by atoms with Crippen molar-refractivity contribution in [3.8, 4) is 0 Å². The Balaban J connectivity index is 1.62. The molecule has 2 unspecified atom stereocenters. The predicted octanol–water partition coefficient (Wildman–Crippen LogP) is 2.37. The van der Waals surface area contributed by atoms with Crippen LogP contribution in [-0.2, 0) is 4.79 Å². The van der Waals surface area contributed by atoms with E-state index in [2.05, 4.69) is 17.6 Å². The topological polar surface area (TPSA) is 78.4 Å². The SMILES string of the molecule is CC1CCC(CNC(=O)NC2CCC(C(=O)O)CC2)C1. The Morgan fingerprint density at radius 2 is 1.80 bits per heavy atom. The fraction of sp³-hybridized carbons (Fsp3) is 0.867. The van der Waals surface area contributed by atoms with Crippen LogP contribution in [-0.4, -0.2) is 29.7 Å². The summed E-state index contributed by atoms with van der Waals surface area (Å²) in [5, 5.41) is 14.9. The molecule has 0 aromatic carbocycles. The Morgan fingerprint density at radius 3 is 2.35 bits per heavy atom. The van der Waals surface area contributed by atoms with Gasteiger partial charge in [-0.15, -0.1) is 0 Å². The molecule has 0 radical (unpaired) electrons. The first kappa shape index (κ1) is 15.1. The summed E-state index contributed by atoms with van der Waals surface area (Å²) in [5.41, 5.74) is 0. The van der Waals surface area contributed by atoms with Crippen LogP contribution in [0.4, 0.5) is 4.79 Å². The lowest BCUT2D eigenvalue weighted by atomic mass is 9.86. The van der Waals surface area contributed by atoms with Crippen LogP contribution in [0.25, 0.3) is 0 Å². The molecule has 2 saturated carbocycles. The summed E-state index contributed by atoms with van der Waals surface area (Å²) >= 11 is 0. The molecule has 2 fully saturated rings. The molecule has 0 bridgehead atoms. The lowest BCUT2D eigenvalue weighted by molar-refractivity contribution is -0.142. The normalized spacial score (nSPS) is 33.6. The van der Waals surface area contributed by atoms with Crippen molar-refractivity contribution in [3.05, 3.63) is 0 Å². The Bertz CT molecular complexity index is 351. The zero-order chi connectivity index (χ0) is 14.5. The van der Waals surface area contributed by atoms with E-state index in [0.29, 0.717) is 18.8 Å². The first-order valence-corrected chi connectivity index (χ1v) is 7.81. The zero-order valence-electron chi connectivity index (χ0n) is 12.2. The van der Waals surface area contributed by atoms with Crippen LogP contribution in [0.15, 0.2) is 0 Å². The summed E-state index contributed by atoms with van der Waals surface area (Å²) in [6, 6.07) is 0.0384. The van der Waals surface area contributed by atoms with Crippen molar-refractivity contribution < 1.29 is 14.7 Å². The predicted molar refractivity (Wildman–Crippen MR) is 76.4 cm³/mol. The highest BCUT2D eigenvalue weighted by Crippen LogP contribution is 2.29. The molecule has 0 aromatic heterocycles. The van der Waals surface area contributed by atoms with Gasteiger partial charge < -0.3 is 15.7 Å². The average molecular weight is 282 g/mol. The van der Waals surface area contributed by atoms with E-state index in [1.807, 2.05) is 0 Å². The summed E-state index contributed by atoms with van der Waals surface area (Å²) < 4.78 is 0. The number of nitrogens with one attached hydrogen (secondary N) is 2. The standard InChI is InChI=1S/C15H26N2O3/c1-10-2-3-11(8-10)9-16-15(20)17-13-6-4-12(5-7-13)14(18)19/h10-13H,2-9H2,1H3,(H,18,19)(H2,16,17,20). The van der Waals surface area contributed by atoms with Crippen LogP contribution in [0.5, 0.6) is 0 Å². The molecule has 5 heteroatoms. The maximum Gasteiger partial charge on any atom is 0.315 e. The van der Waals surface area contributed by atoms with Crippen molar-refractivity contribution in [2.75, 3.05) is 6.54 Å².